The van der Waals surface area contributed by atoms with Crippen molar-refractivity contribution in [3.8, 4) is 0 Å². The highest BCUT2D eigenvalue weighted by atomic mass is 19.1. The lowest BCUT2D eigenvalue weighted by Gasteiger charge is -2.03. The molecule has 0 bridgehead atoms. The van der Waals surface area contributed by atoms with E-state index in [0.717, 1.165) is 0 Å². The molecular formula is C13H13FO3. The number of rotatable bonds is 4. The fourth-order valence-electron chi connectivity index (χ4n) is 1.28. The van der Waals surface area contributed by atoms with Gasteiger partial charge in [0, 0.05) is 6.42 Å². The van der Waals surface area contributed by atoms with Gasteiger partial charge >= 0.3 is 5.97 Å². The zero-order valence-corrected chi connectivity index (χ0v) is 9.70. The lowest BCUT2D eigenvalue weighted by molar-refractivity contribution is -0.137. The topological polar surface area (TPSA) is 43.4 Å². The molecule has 0 fully saturated rings. The minimum atomic E-state index is -0.679. The van der Waals surface area contributed by atoms with Gasteiger partial charge < -0.3 is 4.74 Å². The number of Topliss-reactive ketones (excluding diaryl/α,β-unsaturated/α-hetero) is 1. The van der Waals surface area contributed by atoms with Gasteiger partial charge in [-0.05, 0) is 23.8 Å². The van der Waals surface area contributed by atoms with Crippen molar-refractivity contribution in [1.29, 1.82) is 0 Å². The van der Waals surface area contributed by atoms with Crippen molar-refractivity contribution in [1.82, 2.24) is 0 Å². The van der Waals surface area contributed by atoms with Gasteiger partial charge in [-0.1, -0.05) is 19.1 Å². The SMILES string of the molecule is CCC(=O)C(=Cc1ccc(F)cc1)C(=O)OC. The molecule has 0 radical (unpaired) electrons. The van der Waals surface area contributed by atoms with E-state index in [4.69, 9.17) is 0 Å². The minimum absolute atomic E-state index is 0.0263. The standard InChI is InChI=1S/C13H13FO3/c1-3-12(15)11(13(16)17-2)8-9-4-6-10(14)7-5-9/h4-8H,3H2,1-2H3. The van der Waals surface area contributed by atoms with E-state index in [2.05, 4.69) is 4.74 Å². The zero-order valence-electron chi connectivity index (χ0n) is 9.70. The second kappa shape index (κ2) is 5.94. The maximum atomic E-state index is 12.7. The van der Waals surface area contributed by atoms with Crippen molar-refractivity contribution in [2.45, 2.75) is 13.3 Å². The van der Waals surface area contributed by atoms with Gasteiger partial charge in [0.15, 0.2) is 5.78 Å². The molecule has 0 N–H and O–H groups in total. The highest BCUT2D eigenvalue weighted by Gasteiger charge is 2.16. The summed E-state index contributed by atoms with van der Waals surface area (Å²) in [6.45, 7) is 1.66. The number of benzene rings is 1. The summed E-state index contributed by atoms with van der Waals surface area (Å²) in [7, 11) is 1.21. The van der Waals surface area contributed by atoms with Crippen molar-refractivity contribution in [2.24, 2.45) is 0 Å². The van der Waals surface area contributed by atoms with E-state index in [-0.39, 0.29) is 23.6 Å². The molecule has 0 atom stereocenters. The molecule has 0 heterocycles. The van der Waals surface area contributed by atoms with Crippen LogP contribution in [-0.4, -0.2) is 18.9 Å². The smallest absolute Gasteiger partial charge is 0.341 e. The number of carbonyl (C=O) groups excluding carboxylic acids is 2. The second-order valence-corrected chi connectivity index (χ2v) is 3.38. The van der Waals surface area contributed by atoms with E-state index in [1.165, 1.54) is 37.5 Å². The average molecular weight is 236 g/mol. The van der Waals surface area contributed by atoms with Gasteiger partial charge in [0.25, 0.3) is 0 Å². The molecular weight excluding hydrogens is 223 g/mol. The summed E-state index contributed by atoms with van der Waals surface area (Å²) in [5.41, 5.74) is 0.551. The van der Waals surface area contributed by atoms with Crippen molar-refractivity contribution in [2.75, 3.05) is 7.11 Å². The first-order chi connectivity index (χ1) is 8.08. The zero-order chi connectivity index (χ0) is 12.8. The Morgan fingerprint density at radius 3 is 2.35 bits per heavy atom. The van der Waals surface area contributed by atoms with Crippen LogP contribution in [-0.2, 0) is 14.3 Å². The molecule has 4 heteroatoms. The van der Waals surface area contributed by atoms with Crippen LogP contribution in [0.3, 0.4) is 0 Å². The number of hydrogen-bond acceptors (Lipinski definition) is 3. The number of ether oxygens (including phenoxy) is 1. The number of hydrogen-bond donors (Lipinski definition) is 0. The summed E-state index contributed by atoms with van der Waals surface area (Å²) in [6.07, 6.45) is 1.61. The molecule has 0 amide bonds. The summed E-state index contributed by atoms with van der Waals surface area (Å²) in [5.74, 6) is -1.36. The van der Waals surface area contributed by atoms with Crippen LogP contribution in [0.25, 0.3) is 6.08 Å². The van der Waals surface area contributed by atoms with Crippen LogP contribution in [0.5, 0.6) is 0 Å². The van der Waals surface area contributed by atoms with Crippen LogP contribution >= 0.6 is 0 Å². The summed E-state index contributed by atoms with van der Waals surface area (Å²) in [6, 6.07) is 5.50. The first-order valence-electron chi connectivity index (χ1n) is 5.17. The van der Waals surface area contributed by atoms with E-state index < -0.39 is 5.97 Å². The molecule has 0 saturated heterocycles. The van der Waals surface area contributed by atoms with Crippen LogP contribution in [0.2, 0.25) is 0 Å². The Kier molecular flexibility index (Phi) is 4.57. The molecule has 3 nitrogen and oxygen atoms in total. The summed E-state index contributed by atoms with van der Waals surface area (Å²) >= 11 is 0. The molecule has 17 heavy (non-hydrogen) atoms. The first-order valence-corrected chi connectivity index (χ1v) is 5.17. The molecule has 0 unspecified atom stereocenters. The fourth-order valence-corrected chi connectivity index (χ4v) is 1.28. The molecule has 0 spiro atoms. The van der Waals surface area contributed by atoms with Gasteiger partial charge in [-0.15, -0.1) is 0 Å². The number of ketones is 1. The first kappa shape index (κ1) is 13.1. The van der Waals surface area contributed by atoms with Crippen LogP contribution in [0.4, 0.5) is 4.39 Å². The highest BCUT2D eigenvalue weighted by Crippen LogP contribution is 2.11. The molecule has 1 aromatic carbocycles. The van der Waals surface area contributed by atoms with Crippen LogP contribution in [0.15, 0.2) is 29.8 Å². The Morgan fingerprint density at radius 1 is 1.29 bits per heavy atom. The van der Waals surface area contributed by atoms with Gasteiger partial charge in [0.1, 0.15) is 11.4 Å². The van der Waals surface area contributed by atoms with Crippen LogP contribution in [0.1, 0.15) is 18.9 Å². The summed E-state index contributed by atoms with van der Waals surface area (Å²) in [4.78, 5) is 22.9. The summed E-state index contributed by atoms with van der Waals surface area (Å²) < 4.78 is 17.2. The van der Waals surface area contributed by atoms with Crippen LogP contribution < -0.4 is 0 Å². The highest BCUT2D eigenvalue weighted by molar-refractivity contribution is 6.20. The van der Waals surface area contributed by atoms with Gasteiger partial charge in [0.05, 0.1) is 7.11 Å². The molecule has 0 aliphatic heterocycles. The lowest BCUT2D eigenvalue weighted by atomic mass is 10.1. The van der Waals surface area contributed by atoms with E-state index in [1.54, 1.807) is 6.92 Å². The van der Waals surface area contributed by atoms with Gasteiger partial charge in [0.2, 0.25) is 0 Å². The van der Waals surface area contributed by atoms with Crippen molar-refractivity contribution in [3.05, 3.63) is 41.2 Å². The van der Waals surface area contributed by atoms with Gasteiger partial charge in [-0.2, -0.15) is 0 Å². The van der Waals surface area contributed by atoms with Crippen molar-refractivity contribution >= 4 is 17.8 Å². The predicted molar refractivity (Wildman–Crippen MR) is 61.7 cm³/mol. The number of esters is 1. The summed E-state index contributed by atoms with van der Waals surface area (Å²) in [5, 5.41) is 0. The van der Waals surface area contributed by atoms with Gasteiger partial charge in [-0.25, -0.2) is 9.18 Å². The molecule has 1 rings (SSSR count). The maximum absolute atomic E-state index is 12.7. The molecule has 0 aliphatic rings. The Balaban J connectivity index is 3.09. The Morgan fingerprint density at radius 2 is 1.88 bits per heavy atom. The molecule has 1 aromatic rings. The molecule has 90 valence electrons. The number of carbonyl (C=O) groups is 2. The fraction of sp³-hybridized carbons (Fsp3) is 0.231. The molecule has 0 aromatic heterocycles. The average Bonchev–Trinajstić information content (AvgIpc) is 2.36. The largest absolute Gasteiger partial charge is 0.465 e. The van der Waals surface area contributed by atoms with Crippen LogP contribution in [0, 0.1) is 5.82 Å². The number of methoxy groups -OCH3 is 1. The third-order valence-electron chi connectivity index (χ3n) is 2.21. The molecule has 0 aliphatic carbocycles. The third-order valence-corrected chi connectivity index (χ3v) is 2.21. The van der Waals surface area contributed by atoms with Crippen molar-refractivity contribution < 1.29 is 18.7 Å². The minimum Gasteiger partial charge on any atom is -0.465 e. The van der Waals surface area contributed by atoms with E-state index in [0.29, 0.717) is 5.56 Å². The maximum Gasteiger partial charge on any atom is 0.341 e. The quantitative estimate of drug-likeness (QED) is 0.349. The Bertz CT molecular complexity index is 428. The lowest BCUT2D eigenvalue weighted by Crippen LogP contribution is -2.13. The monoisotopic (exact) mass is 236 g/mol. The van der Waals surface area contributed by atoms with E-state index in [9.17, 15) is 14.0 Å². The third kappa shape index (κ3) is 3.52. The Hall–Kier alpha value is -1.97. The van der Waals surface area contributed by atoms with Crippen molar-refractivity contribution in [3.63, 3.8) is 0 Å². The Labute approximate surface area is 98.9 Å². The predicted octanol–water partition coefficient (Wildman–Crippen LogP) is 2.36. The number of halogens is 1. The molecule has 0 saturated carbocycles. The second-order valence-electron chi connectivity index (χ2n) is 3.38. The van der Waals surface area contributed by atoms with E-state index >= 15 is 0 Å². The van der Waals surface area contributed by atoms with E-state index in [1.807, 2.05) is 0 Å². The van der Waals surface area contributed by atoms with Gasteiger partial charge in [-0.3, -0.25) is 4.79 Å². The normalized spacial score (nSPS) is 11.1.